The van der Waals surface area contributed by atoms with Crippen molar-refractivity contribution in [1.82, 2.24) is 14.7 Å². The van der Waals surface area contributed by atoms with Crippen molar-refractivity contribution in [2.75, 3.05) is 27.3 Å². The maximum absolute atomic E-state index is 12.0. The second kappa shape index (κ2) is 6.36. The van der Waals surface area contributed by atoms with E-state index in [1.54, 1.807) is 7.11 Å². The SMILES string of the molecule is COC(=O)c1nc(C2CCCCNC2)n2cc(OC)ccc12. The van der Waals surface area contributed by atoms with Crippen LogP contribution in [0.4, 0.5) is 0 Å². The molecule has 1 atom stereocenters. The van der Waals surface area contributed by atoms with Gasteiger partial charge in [-0.1, -0.05) is 6.42 Å². The normalized spacial score (nSPS) is 18.9. The fourth-order valence-corrected chi connectivity index (χ4v) is 2.98. The summed E-state index contributed by atoms with van der Waals surface area (Å²) in [5.41, 5.74) is 1.12. The van der Waals surface area contributed by atoms with E-state index in [-0.39, 0.29) is 5.92 Å². The zero-order chi connectivity index (χ0) is 15.5. The van der Waals surface area contributed by atoms with Gasteiger partial charge in [0.15, 0.2) is 5.69 Å². The molecule has 0 bridgehead atoms. The van der Waals surface area contributed by atoms with E-state index in [2.05, 4.69) is 10.3 Å². The van der Waals surface area contributed by atoms with Gasteiger partial charge in [-0.3, -0.25) is 4.40 Å². The molecule has 3 rings (SSSR count). The molecule has 0 amide bonds. The summed E-state index contributed by atoms with van der Waals surface area (Å²) in [5, 5.41) is 3.44. The Morgan fingerprint density at radius 2 is 2.23 bits per heavy atom. The minimum absolute atomic E-state index is 0.278. The van der Waals surface area contributed by atoms with Crippen LogP contribution in [0.3, 0.4) is 0 Å². The molecule has 0 radical (unpaired) electrons. The summed E-state index contributed by atoms with van der Waals surface area (Å²) < 4.78 is 12.1. The van der Waals surface area contributed by atoms with Crippen LogP contribution in [-0.2, 0) is 4.74 Å². The Balaban J connectivity index is 2.12. The van der Waals surface area contributed by atoms with Crippen molar-refractivity contribution in [2.24, 2.45) is 0 Å². The quantitative estimate of drug-likeness (QED) is 0.879. The molecule has 6 heteroatoms. The number of nitrogens with zero attached hydrogens (tertiary/aromatic N) is 2. The van der Waals surface area contributed by atoms with Crippen molar-refractivity contribution >= 4 is 11.5 Å². The van der Waals surface area contributed by atoms with Gasteiger partial charge in [-0.15, -0.1) is 0 Å². The first-order chi connectivity index (χ1) is 10.7. The number of carbonyl (C=O) groups is 1. The summed E-state index contributed by atoms with van der Waals surface area (Å²) in [6, 6.07) is 3.68. The zero-order valence-corrected chi connectivity index (χ0v) is 13.0. The Bertz CT molecular complexity index is 673. The number of aromatic nitrogens is 2. The van der Waals surface area contributed by atoms with Gasteiger partial charge in [0.25, 0.3) is 0 Å². The molecule has 1 aliphatic heterocycles. The maximum Gasteiger partial charge on any atom is 0.358 e. The lowest BCUT2D eigenvalue weighted by Gasteiger charge is -2.13. The van der Waals surface area contributed by atoms with Crippen LogP contribution in [0, 0.1) is 0 Å². The summed E-state index contributed by atoms with van der Waals surface area (Å²) in [5.74, 6) is 1.50. The number of imidazole rings is 1. The molecule has 22 heavy (non-hydrogen) atoms. The number of esters is 1. The first kappa shape index (κ1) is 14.8. The molecule has 0 aliphatic carbocycles. The van der Waals surface area contributed by atoms with Gasteiger partial charge in [-0.25, -0.2) is 9.78 Å². The smallest absolute Gasteiger partial charge is 0.358 e. The molecule has 2 aromatic heterocycles. The van der Waals surface area contributed by atoms with Gasteiger partial charge in [0.2, 0.25) is 0 Å². The van der Waals surface area contributed by atoms with Gasteiger partial charge >= 0.3 is 5.97 Å². The molecule has 1 aliphatic rings. The monoisotopic (exact) mass is 303 g/mol. The standard InChI is InChI=1S/C16H21N3O3/c1-21-12-6-7-13-14(16(20)22-2)18-15(19(13)10-12)11-5-3-4-8-17-9-11/h6-7,10-11,17H,3-5,8-9H2,1-2H3. The van der Waals surface area contributed by atoms with Crippen LogP contribution in [0.25, 0.3) is 5.52 Å². The van der Waals surface area contributed by atoms with Crippen molar-refractivity contribution in [3.05, 3.63) is 29.8 Å². The number of carbonyl (C=O) groups excluding carboxylic acids is 1. The van der Waals surface area contributed by atoms with Crippen LogP contribution < -0.4 is 10.1 Å². The van der Waals surface area contributed by atoms with Crippen molar-refractivity contribution in [2.45, 2.75) is 25.2 Å². The topological polar surface area (TPSA) is 64.9 Å². The molecular formula is C16H21N3O3. The third-order valence-corrected chi connectivity index (χ3v) is 4.16. The molecule has 0 spiro atoms. The van der Waals surface area contributed by atoms with Crippen molar-refractivity contribution in [1.29, 1.82) is 0 Å². The van der Waals surface area contributed by atoms with Crippen LogP contribution in [0.15, 0.2) is 18.3 Å². The number of nitrogens with one attached hydrogen (secondary N) is 1. The molecule has 2 aromatic rings. The number of methoxy groups -OCH3 is 2. The molecule has 1 fully saturated rings. The average molecular weight is 303 g/mol. The van der Waals surface area contributed by atoms with Crippen LogP contribution in [0.2, 0.25) is 0 Å². The largest absolute Gasteiger partial charge is 0.495 e. The molecule has 3 heterocycles. The summed E-state index contributed by atoms with van der Waals surface area (Å²) in [7, 11) is 3.01. The second-order valence-corrected chi connectivity index (χ2v) is 5.53. The van der Waals surface area contributed by atoms with E-state index in [9.17, 15) is 4.79 Å². The highest BCUT2D eigenvalue weighted by Crippen LogP contribution is 2.27. The van der Waals surface area contributed by atoms with Gasteiger partial charge < -0.3 is 14.8 Å². The van der Waals surface area contributed by atoms with Gasteiger partial charge in [0, 0.05) is 12.5 Å². The third-order valence-electron chi connectivity index (χ3n) is 4.16. The summed E-state index contributed by atoms with van der Waals surface area (Å²) in [4.78, 5) is 16.6. The van der Waals surface area contributed by atoms with Crippen molar-refractivity contribution < 1.29 is 14.3 Å². The number of ether oxygens (including phenoxy) is 2. The van der Waals surface area contributed by atoms with Crippen LogP contribution in [0.1, 0.15) is 41.5 Å². The first-order valence-corrected chi connectivity index (χ1v) is 7.59. The van der Waals surface area contributed by atoms with Crippen LogP contribution >= 0.6 is 0 Å². The summed E-state index contributed by atoms with van der Waals surface area (Å²) in [6.45, 7) is 1.91. The maximum atomic E-state index is 12.0. The summed E-state index contributed by atoms with van der Waals surface area (Å²) in [6.07, 6.45) is 5.27. The van der Waals surface area contributed by atoms with Crippen LogP contribution in [0.5, 0.6) is 5.75 Å². The Kier molecular flexibility index (Phi) is 4.29. The molecular weight excluding hydrogens is 282 g/mol. The van der Waals surface area contributed by atoms with E-state index in [1.807, 2.05) is 22.7 Å². The van der Waals surface area contributed by atoms with E-state index < -0.39 is 5.97 Å². The lowest BCUT2D eigenvalue weighted by Crippen LogP contribution is -2.20. The number of fused-ring (bicyclic) bond motifs is 1. The number of hydrogen-bond donors (Lipinski definition) is 1. The second-order valence-electron chi connectivity index (χ2n) is 5.53. The van der Waals surface area contributed by atoms with E-state index in [0.29, 0.717) is 5.69 Å². The average Bonchev–Trinajstić information content (AvgIpc) is 2.74. The molecule has 6 nitrogen and oxygen atoms in total. The Morgan fingerprint density at radius 3 is 3.00 bits per heavy atom. The Hall–Kier alpha value is -2.08. The molecule has 118 valence electrons. The fraction of sp³-hybridized carbons (Fsp3) is 0.500. The lowest BCUT2D eigenvalue weighted by molar-refractivity contribution is 0.0596. The van der Waals surface area contributed by atoms with E-state index >= 15 is 0 Å². The molecule has 1 unspecified atom stereocenters. The highest BCUT2D eigenvalue weighted by atomic mass is 16.5. The van der Waals surface area contributed by atoms with Crippen molar-refractivity contribution in [3.8, 4) is 5.75 Å². The van der Waals surface area contributed by atoms with Crippen LogP contribution in [-0.4, -0.2) is 42.7 Å². The molecule has 0 aromatic carbocycles. The predicted octanol–water partition coefficient (Wildman–Crippen LogP) is 1.99. The molecule has 1 N–H and O–H groups in total. The van der Waals surface area contributed by atoms with Crippen molar-refractivity contribution in [3.63, 3.8) is 0 Å². The molecule has 0 saturated carbocycles. The van der Waals surface area contributed by atoms with Gasteiger partial charge in [0.1, 0.15) is 11.6 Å². The first-order valence-electron chi connectivity index (χ1n) is 7.59. The highest BCUT2D eigenvalue weighted by molar-refractivity contribution is 5.95. The third kappa shape index (κ3) is 2.66. The predicted molar refractivity (Wildman–Crippen MR) is 82.5 cm³/mol. The fourth-order valence-electron chi connectivity index (χ4n) is 2.98. The molecule has 1 saturated heterocycles. The minimum Gasteiger partial charge on any atom is -0.495 e. The summed E-state index contributed by atoms with van der Waals surface area (Å²) >= 11 is 0. The number of rotatable bonds is 3. The lowest BCUT2D eigenvalue weighted by atomic mass is 10.0. The Labute approximate surface area is 129 Å². The highest BCUT2D eigenvalue weighted by Gasteiger charge is 2.24. The van der Waals surface area contributed by atoms with Gasteiger partial charge in [0.05, 0.1) is 25.9 Å². The number of hydrogen-bond acceptors (Lipinski definition) is 5. The zero-order valence-electron chi connectivity index (χ0n) is 13.0. The number of pyridine rings is 1. The van der Waals surface area contributed by atoms with E-state index in [0.717, 1.165) is 43.0 Å². The van der Waals surface area contributed by atoms with Gasteiger partial charge in [-0.05, 0) is 31.5 Å². The van der Waals surface area contributed by atoms with Gasteiger partial charge in [-0.2, -0.15) is 0 Å². The minimum atomic E-state index is -0.407. The Morgan fingerprint density at radius 1 is 1.36 bits per heavy atom. The van der Waals surface area contributed by atoms with E-state index in [4.69, 9.17) is 9.47 Å². The van der Waals surface area contributed by atoms with E-state index in [1.165, 1.54) is 13.5 Å².